The summed E-state index contributed by atoms with van der Waals surface area (Å²) in [6, 6.07) is 4.99. The summed E-state index contributed by atoms with van der Waals surface area (Å²) in [6.45, 7) is 0. The van der Waals surface area contributed by atoms with Crippen LogP contribution in [0, 0.1) is 3.57 Å². The van der Waals surface area contributed by atoms with E-state index in [2.05, 4.69) is 0 Å². The van der Waals surface area contributed by atoms with Gasteiger partial charge in [-0.25, -0.2) is 4.79 Å². The molecule has 0 atom stereocenters. The van der Waals surface area contributed by atoms with Gasteiger partial charge in [-0.3, -0.25) is 0 Å². The van der Waals surface area contributed by atoms with Gasteiger partial charge in [0.1, 0.15) is 5.56 Å². The van der Waals surface area contributed by atoms with Crippen molar-refractivity contribution in [1.82, 2.24) is 0 Å². The Morgan fingerprint density at radius 3 is 2.54 bits per heavy atom. The first kappa shape index (κ1) is 13.5. The number of hydrogen-bond donors (Lipinski definition) is 1. The van der Waals surface area contributed by atoms with E-state index in [9.17, 15) is 4.79 Å². The van der Waals surface area contributed by atoms with E-state index in [0.29, 0.717) is 5.75 Å². The largest absolute Gasteiger partial charge is 1.00 e. The fourth-order valence-electron chi connectivity index (χ4n) is 0.756. The topological polar surface area (TPSA) is 46.5 Å². The minimum absolute atomic E-state index is 0. The average molecular weight is 398 g/mol. The van der Waals surface area contributed by atoms with Crippen LogP contribution in [0.3, 0.4) is 0 Å². The third kappa shape index (κ3) is 3.31. The molecule has 66 valence electrons. The summed E-state index contributed by atoms with van der Waals surface area (Å²) < 4.78 is 5.71. The summed E-state index contributed by atoms with van der Waals surface area (Å²) in [6.07, 6.45) is 0. The van der Waals surface area contributed by atoms with Gasteiger partial charge in [-0.1, -0.05) is 6.07 Å². The van der Waals surface area contributed by atoms with Crippen molar-refractivity contribution in [2.75, 3.05) is 0 Å². The van der Waals surface area contributed by atoms with E-state index in [1.165, 1.54) is 6.07 Å². The Bertz CT molecular complexity index is 322. The molecular formula is C7H5I2LiO3. The molecule has 0 bridgehead atoms. The fourth-order valence-corrected chi connectivity index (χ4v) is 2.26. The van der Waals surface area contributed by atoms with E-state index in [0.717, 1.165) is 3.57 Å². The maximum absolute atomic E-state index is 10.6. The molecule has 1 aromatic rings. The summed E-state index contributed by atoms with van der Waals surface area (Å²) in [7, 11) is 0. The zero-order chi connectivity index (χ0) is 9.14. The summed E-state index contributed by atoms with van der Waals surface area (Å²) in [5, 5.41) is 8.73. The number of aromatic carboxylic acids is 1. The second-order valence-corrected chi connectivity index (χ2v) is 3.60. The number of carboxylic acids is 1. The van der Waals surface area contributed by atoms with Crippen LogP contribution in [0.15, 0.2) is 18.2 Å². The van der Waals surface area contributed by atoms with Gasteiger partial charge in [-0.2, -0.15) is 0 Å². The Balaban J connectivity index is 0. The van der Waals surface area contributed by atoms with Crippen molar-refractivity contribution in [3.63, 3.8) is 0 Å². The van der Waals surface area contributed by atoms with Crippen LogP contribution in [0.25, 0.3) is 0 Å². The molecule has 0 aliphatic heterocycles. The van der Waals surface area contributed by atoms with Gasteiger partial charge in [0.15, 0.2) is 28.8 Å². The molecule has 1 N–H and O–H groups in total. The van der Waals surface area contributed by atoms with Crippen LogP contribution < -0.4 is 21.9 Å². The molecule has 0 fully saturated rings. The van der Waals surface area contributed by atoms with Gasteiger partial charge in [-0.15, -0.1) is 0 Å². The molecule has 6 heteroatoms. The molecule has 1 aromatic carbocycles. The van der Waals surface area contributed by atoms with E-state index in [-0.39, 0.29) is 25.9 Å². The monoisotopic (exact) mass is 398 g/mol. The van der Waals surface area contributed by atoms with Crippen molar-refractivity contribution in [1.29, 1.82) is 0 Å². The number of carboxylic acid groups (broad SMARTS) is 1. The first-order valence-electron chi connectivity index (χ1n) is 2.97. The maximum atomic E-state index is 10.6. The Morgan fingerprint density at radius 2 is 2.15 bits per heavy atom. The van der Waals surface area contributed by atoms with E-state index in [4.69, 9.17) is 8.17 Å². The zero-order valence-electron chi connectivity index (χ0n) is 7.75. The minimum Gasteiger partial charge on any atom is -1.00 e. The van der Waals surface area contributed by atoms with E-state index in [1.54, 1.807) is 35.1 Å². The molecule has 0 unspecified atom stereocenters. The second-order valence-electron chi connectivity index (χ2n) is 2.00. The number of carbonyl (C=O) groups is 1. The van der Waals surface area contributed by atoms with Crippen LogP contribution in [0.5, 0.6) is 5.75 Å². The molecule has 0 amide bonds. The molecule has 13 heavy (non-hydrogen) atoms. The molecule has 0 saturated heterocycles. The van der Waals surface area contributed by atoms with Gasteiger partial charge in [-0.05, 0) is 34.7 Å². The SMILES string of the molecule is O=C(O)c1cccc(I)c1OI.[H-].[Li+]. The standard InChI is InChI=1S/C7H4I2O3.Li.H/c8-5-3-1-2-4(7(10)11)6(5)12-9;;/h1-3H,(H,10,11);;/q;+1;-1. The molecule has 0 heterocycles. The van der Waals surface area contributed by atoms with Gasteiger partial charge in [0.05, 0.1) is 3.57 Å². The van der Waals surface area contributed by atoms with Crippen molar-refractivity contribution in [2.24, 2.45) is 0 Å². The quantitative estimate of drug-likeness (QED) is 0.557. The van der Waals surface area contributed by atoms with Crippen LogP contribution in [-0.4, -0.2) is 11.1 Å². The predicted octanol–water partition coefficient (Wildman–Crippen LogP) is -0.165. The van der Waals surface area contributed by atoms with Crippen LogP contribution in [0.4, 0.5) is 0 Å². The fraction of sp³-hybridized carbons (Fsp3) is 0. The molecule has 1 rings (SSSR count). The summed E-state index contributed by atoms with van der Waals surface area (Å²) in [5.74, 6) is -0.564. The molecule has 0 saturated carbocycles. The van der Waals surface area contributed by atoms with Crippen molar-refractivity contribution >= 4 is 51.6 Å². The van der Waals surface area contributed by atoms with Crippen molar-refractivity contribution in [2.45, 2.75) is 0 Å². The van der Waals surface area contributed by atoms with Crippen molar-refractivity contribution in [3.05, 3.63) is 27.3 Å². The smallest absolute Gasteiger partial charge is 1.00 e. The maximum Gasteiger partial charge on any atom is 1.00 e. The number of hydrogen-bond acceptors (Lipinski definition) is 2. The Labute approximate surface area is 117 Å². The van der Waals surface area contributed by atoms with E-state index < -0.39 is 5.97 Å². The molecule has 0 aliphatic carbocycles. The van der Waals surface area contributed by atoms with Gasteiger partial charge in [0.2, 0.25) is 0 Å². The Kier molecular flexibility index (Phi) is 6.37. The number of para-hydroxylation sites is 1. The normalized spacial score (nSPS) is 8.77. The Morgan fingerprint density at radius 1 is 1.54 bits per heavy atom. The van der Waals surface area contributed by atoms with Crippen molar-refractivity contribution < 1.29 is 33.3 Å². The summed E-state index contributed by atoms with van der Waals surface area (Å²) >= 11 is 3.70. The number of halogens is 2. The van der Waals surface area contributed by atoms with Crippen LogP contribution in [0.1, 0.15) is 11.8 Å². The van der Waals surface area contributed by atoms with Gasteiger partial charge in [0, 0.05) is 0 Å². The van der Waals surface area contributed by atoms with E-state index in [1.807, 2.05) is 22.6 Å². The second kappa shape index (κ2) is 6.11. The molecule has 0 radical (unpaired) electrons. The molecule has 0 aromatic heterocycles. The first-order valence-corrected chi connectivity index (χ1v) is 4.93. The third-order valence-electron chi connectivity index (χ3n) is 1.27. The van der Waals surface area contributed by atoms with Crippen molar-refractivity contribution in [3.8, 4) is 5.75 Å². The molecule has 0 aliphatic rings. The third-order valence-corrected chi connectivity index (χ3v) is 2.56. The number of rotatable bonds is 2. The summed E-state index contributed by atoms with van der Waals surface area (Å²) in [4.78, 5) is 10.6. The zero-order valence-corrected chi connectivity index (χ0v) is 11.1. The summed E-state index contributed by atoms with van der Waals surface area (Å²) in [5.41, 5.74) is 0.191. The van der Waals surface area contributed by atoms with Gasteiger partial charge >= 0.3 is 24.8 Å². The minimum atomic E-state index is -0.972. The molecular weight excluding hydrogens is 393 g/mol. The van der Waals surface area contributed by atoms with Gasteiger partial charge in [0.25, 0.3) is 0 Å². The van der Waals surface area contributed by atoms with Gasteiger partial charge < -0.3 is 9.60 Å². The molecule has 0 spiro atoms. The first-order chi connectivity index (χ1) is 5.66. The number of benzene rings is 1. The Hall–Kier alpha value is 0.547. The van der Waals surface area contributed by atoms with Crippen LogP contribution in [-0.2, 0) is 0 Å². The predicted molar refractivity (Wildman–Crippen MR) is 61.9 cm³/mol. The van der Waals surface area contributed by atoms with Crippen LogP contribution in [0.2, 0.25) is 0 Å². The molecule has 3 nitrogen and oxygen atoms in total. The van der Waals surface area contributed by atoms with Crippen LogP contribution >= 0.6 is 45.6 Å². The van der Waals surface area contributed by atoms with E-state index >= 15 is 0 Å². The average Bonchev–Trinajstić information content (AvgIpc) is 2.03.